The number of nitrogens with one attached hydrogen (secondary N) is 1. The zero-order valence-corrected chi connectivity index (χ0v) is 16.3. The number of benzene rings is 2. The maximum atomic E-state index is 11.8. The molecule has 3 rings (SSSR count). The first kappa shape index (κ1) is 16.7. The van der Waals surface area contributed by atoms with Gasteiger partial charge in [-0.05, 0) is 46.3 Å². The minimum Gasteiger partial charge on any atom is -0.456 e. The summed E-state index contributed by atoms with van der Waals surface area (Å²) in [6.07, 6.45) is 1.78. The van der Waals surface area contributed by atoms with Gasteiger partial charge in [0.2, 0.25) is 0 Å². The summed E-state index contributed by atoms with van der Waals surface area (Å²) >= 11 is 13.2. The lowest BCUT2D eigenvalue weighted by atomic mass is 10.2. The molecule has 0 aliphatic carbocycles. The molecule has 23 heavy (non-hydrogen) atoms. The molecular weight excluding hydrogens is 462 g/mol. The molecule has 1 saturated heterocycles. The number of thiocarbonyl (C=S) groups is 1. The van der Waals surface area contributed by atoms with Gasteiger partial charge in [-0.25, -0.2) is 0 Å². The number of hydrogen-bond acceptors (Lipinski definition) is 4. The molecule has 0 aromatic heterocycles. The summed E-state index contributed by atoms with van der Waals surface area (Å²) in [6.45, 7) is 0. The SMILES string of the molecule is O=C1NC(=S)SC1=Cc1ccc(Br)cc1Oc1ccccc1Br. The molecular formula is C16H9Br2NO2S2. The highest BCUT2D eigenvalue weighted by Crippen LogP contribution is 2.35. The van der Waals surface area contributed by atoms with Crippen LogP contribution in [0.4, 0.5) is 0 Å². The number of thioether (sulfide) groups is 1. The zero-order valence-electron chi connectivity index (χ0n) is 11.5. The third-order valence-corrected chi connectivity index (χ3v) is 5.27. The molecule has 1 fully saturated rings. The van der Waals surface area contributed by atoms with E-state index >= 15 is 0 Å². The van der Waals surface area contributed by atoms with Crippen molar-refractivity contribution in [1.82, 2.24) is 5.32 Å². The Morgan fingerprint density at radius 1 is 1.13 bits per heavy atom. The van der Waals surface area contributed by atoms with Crippen LogP contribution in [0.15, 0.2) is 56.3 Å². The standard InChI is InChI=1S/C16H9Br2NO2S2/c17-10-6-5-9(7-14-15(20)19-16(22)23-14)13(8-10)21-12-4-2-1-3-11(12)18/h1-8H,(H,19,20,22). The van der Waals surface area contributed by atoms with Gasteiger partial charge in [0.25, 0.3) is 5.91 Å². The van der Waals surface area contributed by atoms with E-state index in [-0.39, 0.29) is 5.91 Å². The van der Waals surface area contributed by atoms with Crippen molar-refractivity contribution in [2.75, 3.05) is 0 Å². The number of amides is 1. The molecule has 1 N–H and O–H groups in total. The quantitative estimate of drug-likeness (QED) is 0.475. The molecule has 1 aliphatic rings. The Hall–Kier alpha value is -1.15. The average Bonchev–Trinajstić information content (AvgIpc) is 2.82. The lowest BCUT2D eigenvalue weighted by molar-refractivity contribution is -0.115. The second-order valence-electron chi connectivity index (χ2n) is 4.57. The highest BCUT2D eigenvalue weighted by atomic mass is 79.9. The van der Waals surface area contributed by atoms with Gasteiger partial charge in [0.05, 0.1) is 9.38 Å². The molecule has 1 aliphatic heterocycles. The maximum absolute atomic E-state index is 11.8. The lowest BCUT2D eigenvalue weighted by Crippen LogP contribution is -2.17. The van der Waals surface area contributed by atoms with Gasteiger partial charge in [0, 0.05) is 10.0 Å². The van der Waals surface area contributed by atoms with Crippen molar-refractivity contribution >= 4 is 72.1 Å². The Labute approximate surface area is 159 Å². The summed E-state index contributed by atoms with van der Waals surface area (Å²) in [6, 6.07) is 13.2. The van der Waals surface area contributed by atoms with Gasteiger partial charge in [-0.3, -0.25) is 4.79 Å². The van der Waals surface area contributed by atoms with Crippen LogP contribution < -0.4 is 10.1 Å². The van der Waals surface area contributed by atoms with E-state index < -0.39 is 0 Å². The highest BCUT2D eigenvalue weighted by Gasteiger charge is 2.22. The van der Waals surface area contributed by atoms with Gasteiger partial charge < -0.3 is 10.1 Å². The second kappa shape index (κ2) is 7.17. The van der Waals surface area contributed by atoms with Crippen LogP contribution in [-0.4, -0.2) is 10.2 Å². The topological polar surface area (TPSA) is 38.3 Å². The average molecular weight is 471 g/mol. The van der Waals surface area contributed by atoms with Crippen LogP contribution >= 0.6 is 55.8 Å². The monoisotopic (exact) mass is 469 g/mol. The van der Waals surface area contributed by atoms with E-state index in [2.05, 4.69) is 37.2 Å². The number of hydrogen-bond donors (Lipinski definition) is 1. The molecule has 0 unspecified atom stereocenters. The summed E-state index contributed by atoms with van der Waals surface area (Å²) < 4.78 is 8.21. The second-order valence-corrected chi connectivity index (χ2v) is 8.06. The summed E-state index contributed by atoms with van der Waals surface area (Å²) in [4.78, 5) is 12.4. The van der Waals surface area contributed by atoms with Gasteiger partial charge in [0.15, 0.2) is 0 Å². The predicted molar refractivity (Wildman–Crippen MR) is 105 cm³/mol. The molecule has 0 radical (unpaired) electrons. The van der Waals surface area contributed by atoms with E-state index in [0.29, 0.717) is 20.7 Å². The fraction of sp³-hybridized carbons (Fsp3) is 0. The van der Waals surface area contributed by atoms with E-state index in [9.17, 15) is 4.79 Å². The van der Waals surface area contributed by atoms with Gasteiger partial charge in [0.1, 0.15) is 15.8 Å². The predicted octanol–water partition coefficient (Wildman–Crippen LogP) is 5.49. The number of carbonyl (C=O) groups excluding carboxylic acids is 1. The molecule has 0 spiro atoms. The third-order valence-electron chi connectivity index (χ3n) is 2.96. The molecule has 0 bridgehead atoms. The fourth-order valence-corrected chi connectivity index (χ4v) is 3.66. The molecule has 3 nitrogen and oxygen atoms in total. The minimum absolute atomic E-state index is 0.185. The minimum atomic E-state index is -0.185. The summed E-state index contributed by atoms with van der Waals surface area (Å²) in [5, 5.41) is 2.61. The smallest absolute Gasteiger partial charge is 0.263 e. The first-order valence-corrected chi connectivity index (χ1v) is 9.31. The summed E-state index contributed by atoms with van der Waals surface area (Å²) in [7, 11) is 0. The largest absolute Gasteiger partial charge is 0.456 e. The summed E-state index contributed by atoms with van der Waals surface area (Å²) in [5.74, 6) is 1.16. The van der Waals surface area contributed by atoms with Gasteiger partial charge in [-0.2, -0.15) is 0 Å². The van der Waals surface area contributed by atoms with Crippen molar-refractivity contribution in [3.8, 4) is 11.5 Å². The molecule has 116 valence electrons. The molecule has 0 atom stereocenters. The third kappa shape index (κ3) is 4.03. The van der Waals surface area contributed by atoms with Crippen LogP contribution in [-0.2, 0) is 4.79 Å². The van der Waals surface area contributed by atoms with Crippen molar-refractivity contribution in [1.29, 1.82) is 0 Å². The molecule has 1 heterocycles. The van der Waals surface area contributed by atoms with E-state index in [1.807, 2.05) is 42.5 Å². The van der Waals surface area contributed by atoms with Crippen LogP contribution in [0, 0.1) is 0 Å². The van der Waals surface area contributed by atoms with Crippen LogP contribution in [0.2, 0.25) is 0 Å². The first-order valence-electron chi connectivity index (χ1n) is 6.50. The van der Waals surface area contributed by atoms with Crippen LogP contribution in [0.25, 0.3) is 6.08 Å². The number of halogens is 2. The van der Waals surface area contributed by atoms with E-state index in [1.54, 1.807) is 6.08 Å². The molecule has 1 amide bonds. The Kier molecular flexibility index (Phi) is 5.21. The van der Waals surface area contributed by atoms with Crippen molar-refractivity contribution in [3.05, 3.63) is 61.9 Å². The Balaban J connectivity index is 1.99. The van der Waals surface area contributed by atoms with Gasteiger partial charge >= 0.3 is 0 Å². The van der Waals surface area contributed by atoms with Crippen LogP contribution in [0.5, 0.6) is 11.5 Å². The number of para-hydroxylation sites is 1. The molecule has 0 saturated carbocycles. The Bertz CT molecular complexity index is 837. The van der Waals surface area contributed by atoms with E-state index in [1.165, 1.54) is 11.8 Å². The Morgan fingerprint density at radius 3 is 2.61 bits per heavy atom. The number of rotatable bonds is 3. The van der Waals surface area contributed by atoms with Crippen LogP contribution in [0.3, 0.4) is 0 Å². The maximum Gasteiger partial charge on any atom is 0.263 e. The van der Waals surface area contributed by atoms with Crippen molar-refractivity contribution in [2.24, 2.45) is 0 Å². The highest BCUT2D eigenvalue weighted by molar-refractivity contribution is 9.10. The van der Waals surface area contributed by atoms with Gasteiger partial charge in [-0.15, -0.1) is 0 Å². The Morgan fingerprint density at radius 2 is 1.91 bits per heavy atom. The van der Waals surface area contributed by atoms with Crippen LogP contribution in [0.1, 0.15) is 5.56 Å². The molecule has 7 heteroatoms. The van der Waals surface area contributed by atoms with Gasteiger partial charge in [-0.1, -0.05) is 58.1 Å². The fourth-order valence-electron chi connectivity index (χ4n) is 1.92. The van der Waals surface area contributed by atoms with E-state index in [0.717, 1.165) is 14.5 Å². The number of ether oxygens (including phenoxy) is 1. The normalized spacial score (nSPS) is 15.8. The lowest BCUT2D eigenvalue weighted by Gasteiger charge is -2.11. The van der Waals surface area contributed by atoms with Crippen molar-refractivity contribution in [2.45, 2.75) is 0 Å². The molecule has 2 aromatic carbocycles. The first-order chi connectivity index (χ1) is 11.0. The zero-order chi connectivity index (χ0) is 16.4. The van der Waals surface area contributed by atoms with E-state index in [4.69, 9.17) is 17.0 Å². The summed E-state index contributed by atoms with van der Waals surface area (Å²) in [5.41, 5.74) is 0.798. The van der Waals surface area contributed by atoms with Crippen molar-refractivity contribution in [3.63, 3.8) is 0 Å². The van der Waals surface area contributed by atoms with Crippen molar-refractivity contribution < 1.29 is 9.53 Å². The molecule has 2 aromatic rings. The number of carbonyl (C=O) groups is 1.